The molecule has 1 aromatic heterocycles. The van der Waals surface area contributed by atoms with E-state index in [0.717, 1.165) is 32.9 Å². The highest BCUT2D eigenvalue weighted by Gasteiger charge is 2.48. The standard InChI is InChI=1S/C34H25FN4O6S2/c1-20-4-2-5-22(16-20)18-45-27-14-10-23(11-15-27)30(40)28-29(24-6-3-7-26(17-24)39(43)44)38(32(42)31(28)41)33-36-37-34(47-33)46-19-21-8-12-25(35)13-9-21/h2-17,29,40H,18-19H2,1H3/b30-28+. The van der Waals surface area contributed by atoms with E-state index in [1.807, 2.05) is 31.2 Å². The molecule has 4 aromatic carbocycles. The van der Waals surface area contributed by atoms with Gasteiger partial charge in [-0.2, -0.15) is 0 Å². The SMILES string of the molecule is Cc1cccc(COc2ccc(/C(O)=C3\C(=O)C(=O)N(c4nnc(SCc5ccc(F)cc5)s4)C3c3cccc([N+](=O)[O-])c3)cc2)c1. The van der Waals surface area contributed by atoms with Crippen LogP contribution in [0.1, 0.15) is 33.9 Å². The van der Waals surface area contributed by atoms with Crippen LogP contribution in [0.3, 0.4) is 0 Å². The summed E-state index contributed by atoms with van der Waals surface area (Å²) in [6.07, 6.45) is 0. The van der Waals surface area contributed by atoms with E-state index in [4.69, 9.17) is 4.74 Å². The highest BCUT2D eigenvalue weighted by atomic mass is 32.2. The fraction of sp³-hybridized carbons (Fsp3) is 0.118. The summed E-state index contributed by atoms with van der Waals surface area (Å²) >= 11 is 2.36. The van der Waals surface area contributed by atoms with Crippen LogP contribution in [-0.4, -0.2) is 31.9 Å². The summed E-state index contributed by atoms with van der Waals surface area (Å²) < 4.78 is 19.7. The van der Waals surface area contributed by atoms with Crippen LogP contribution in [0.5, 0.6) is 5.75 Å². The molecule has 1 fully saturated rings. The van der Waals surface area contributed by atoms with Crippen molar-refractivity contribution in [3.8, 4) is 5.75 Å². The number of aryl methyl sites for hydroxylation is 1. The Labute approximate surface area is 276 Å². The lowest BCUT2D eigenvalue weighted by molar-refractivity contribution is -0.384. The van der Waals surface area contributed by atoms with Crippen molar-refractivity contribution in [2.75, 3.05) is 4.90 Å². The first kappa shape index (κ1) is 31.6. The molecule has 13 heteroatoms. The van der Waals surface area contributed by atoms with Crippen molar-refractivity contribution in [3.63, 3.8) is 0 Å². The lowest BCUT2D eigenvalue weighted by atomic mass is 9.95. The number of amides is 1. The van der Waals surface area contributed by atoms with E-state index in [9.17, 15) is 29.2 Å². The van der Waals surface area contributed by atoms with Crippen molar-refractivity contribution in [1.29, 1.82) is 0 Å². The van der Waals surface area contributed by atoms with Crippen molar-refractivity contribution < 1.29 is 28.7 Å². The third kappa shape index (κ3) is 6.90. The quantitative estimate of drug-likeness (QED) is 0.0307. The summed E-state index contributed by atoms with van der Waals surface area (Å²) in [7, 11) is 0. The van der Waals surface area contributed by atoms with Crippen LogP contribution in [0.15, 0.2) is 107 Å². The Kier molecular flexibility index (Phi) is 9.09. The van der Waals surface area contributed by atoms with Gasteiger partial charge < -0.3 is 9.84 Å². The molecule has 1 atom stereocenters. The number of halogens is 1. The van der Waals surface area contributed by atoms with Crippen LogP contribution in [0, 0.1) is 22.9 Å². The Hall–Kier alpha value is -5.40. The predicted molar refractivity (Wildman–Crippen MR) is 176 cm³/mol. The minimum absolute atomic E-state index is 0.0733. The van der Waals surface area contributed by atoms with Gasteiger partial charge in [0, 0.05) is 23.4 Å². The van der Waals surface area contributed by atoms with Gasteiger partial charge in [-0.05, 0) is 60.0 Å². The average molecular weight is 669 g/mol. The molecule has 0 saturated carbocycles. The number of carbonyl (C=O) groups excluding carboxylic acids is 2. The van der Waals surface area contributed by atoms with Crippen LogP contribution >= 0.6 is 23.1 Å². The number of rotatable bonds is 10. The number of hydrogen-bond acceptors (Lipinski definition) is 10. The number of benzene rings is 4. The van der Waals surface area contributed by atoms with E-state index in [1.165, 1.54) is 48.2 Å². The van der Waals surface area contributed by atoms with Gasteiger partial charge in [-0.15, -0.1) is 10.2 Å². The van der Waals surface area contributed by atoms with Gasteiger partial charge in [0.2, 0.25) is 5.13 Å². The van der Waals surface area contributed by atoms with E-state index in [1.54, 1.807) is 36.4 Å². The maximum absolute atomic E-state index is 13.6. The van der Waals surface area contributed by atoms with Gasteiger partial charge in [-0.25, -0.2) is 4.39 Å². The maximum atomic E-state index is 13.6. The number of hydrogen-bond donors (Lipinski definition) is 1. The molecule has 0 bridgehead atoms. The molecule has 10 nitrogen and oxygen atoms in total. The van der Waals surface area contributed by atoms with Gasteiger partial charge in [-0.1, -0.05) is 77.2 Å². The minimum atomic E-state index is -1.23. The van der Waals surface area contributed by atoms with E-state index in [-0.39, 0.29) is 33.3 Å². The smallest absolute Gasteiger partial charge is 0.301 e. The van der Waals surface area contributed by atoms with E-state index < -0.39 is 28.4 Å². The molecule has 1 aliphatic rings. The van der Waals surface area contributed by atoms with Crippen molar-refractivity contribution in [1.82, 2.24) is 10.2 Å². The van der Waals surface area contributed by atoms with Crippen molar-refractivity contribution in [2.24, 2.45) is 0 Å². The second kappa shape index (κ2) is 13.5. The maximum Gasteiger partial charge on any atom is 0.301 e. The number of nitro benzene ring substituents is 1. The number of ketones is 1. The molecule has 0 radical (unpaired) electrons. The number of Topliss-reactive ketones (excluding diaryl/α,β-unsaturated/α-hetero) is 1. The predicted octanol–water partition coefficient (Wildman–Crippen LogP) is 7.39. The fourth-order valence-corrected chi connectivity index (χ4v) is 6.89. The molecule has 0 spiro atoms. The number of aliphatic hydroxyl groups excluding tert-OH is 1. The molecule has 1 unspecified atom stereocenters. The molecule has 6 rings (SSSR count). The monoisotopic (exact) mass is 668 g/mol. The number of nitrogens with zero attached hydrogens (tertiary/aromatic N) is 4. The number of anilines is 1. The number of non-ortho nitro benzene ring substituents is 1. The lowest BCUT2D eigenvalue weighted by Crippen LogP contribution is -2.29. The summed E-state index contributed by atoms with van der Waals surface area (Å²) in [5, 5.41) is 31.5. The normalized spacial score (nSPS) is 15.6. The second-order valence-corrected chi connectivity index (χ2v) is 12.8. The third-order valence-electron chi connectivity index (χ3n) is 7.33. The number of aromatic nitrogens is 2. The number of ether oxygens (including phenoxy) is 1. The number of nitro groups is 1. The molecule has 1 N–H and O–H groups in total. The molecule has 0 aliphatic carbocycles. The Morgan fingerprint density at radius 2 is 1.74 bits per heavy atom. The second-order valence-electron chi connectivity index (χ2n) is 10.6. The van der Waals surface area contributed by atoms with Crippen LogP contribution in [0.25, 0.3) is 5.76 Å². The Morgan fingerprint density at radius 1 is 1.00 bits per heavy atom. The molecular weight excluding hydrogens is 644 g/mol. The zero-order valence-corrected chi connectivity index (χ0v) is 26.3. The fourth-order valence-electron chi connectivity index (χ4n) is 5.07. The van der Waals surface area contributed by atoms with Crippen molar-refractivity contribution in [3.05, 3.63) is 146 Å². The van der Waals surface area contributed by atoms with Gasteiger partial charge in [0.25, 0.3) is 11.5 Å². The Balaban J connectivity index is 1.32. The van der Waals surface area contributed by atoms with E-state index in [2.05, 4.69) is 10.2 Å². The van der Waals surface area contributed by atoms with Crippen LogP contribution in [0.2, 0.25) is 0 Å². The number of thioether (sulfide) groups is 1. The first-order valence-electron chi connectivity index (χ1n) is 14.2. The van der Waals surface area contributed by atoms with Crippen LogP contribution in [0.4, 0.5) is 15.2 Å². The summed E-state index contributed by atoms with van der Waals surface area (Å²) in [4.78, 5) is 39.3. The topological polar surface area (TPSA) is 136 Å². The largest absolute Gasteiger partial charge is 0.507 e. The molecule has 47 heavy (non-hydrogen) atoms. The average Bonchev–Trinajstić information content (AvgIpc) is 3.65. The lowest BCUT2D eigenvalue weighted by Gasteiger charge is -2.22. The van der Waals surface area contributed by atoms with Gasteiger partial charge in [0.05, 0.1) is 16.5 Å². The molecular formula is C34H25FN4O6S2. The summed E-state index contributed by atoms with van der Waals surface area (Å²) in [5.41, 5.74) is 2.91. The first-order valence-corrected chi connectivity index (χ1v) is 16.0. The summed E-state index contributed by atoms with van der Waals surface area (Å²) in [6, 6.07) is 24.6. The van der Waals surface area contributed by atoms with Crippen molar-refractivity contribution in [2.45, 2.75) is 29.7 Å². The van der Waals surface area contributed by atoms with Gasteiger partial charge in [0.1, 0.15) is 23.9 Å². The molecule has 5 aromatic rings. The van der Waals surface area contributed by atoms with Crippen molar-refractivity contribution >= 4 is 51.4 Å². The third-order valence-corrected chi connectivity index (χ3v) is 9.46. The zero-order chi connectivity index (χ0) is 33.1. The highest BCUT2D eigenvalue weighted by Crippen LogP contribution is 2.44. The summed E-state index contributed by atoms with van der Waals surface area (Å²) in [6.45, 7) is 2.32. The van der Waals surface area contributed by atoms with Crippen LogP contribution < -0.4 is 9.64 Å². The van der Waals surface area contributed by atoms with Gasteiger partial charge in [0.15, 0.2) is 4.34 Å². The van der Waals surface area contributed by atoms with Crippen LogP contribution in [-0.2, 0) is 21.9 Å². The molecule has 236 valence electrons. The molecule has 1 aliphatic heterocycles. The molecule has 1 saturated heterocycles. The minimum Gasteiger partial charge on any atom is -0.507 e. The summed E-state index contributed by atoms with van der Waals surface area (Å²) in [5.74, 6) is -1.77. The molecule has 1 amide bonds. The van der Waals surface area contributed by atoms with Gasteiger partial charge in [-0.3, -0.25) is 24.6 Å². The van der Waals surface area contributed by atoms with Gasteiger partial charge >= 0.3 is 5.91 Å². The number of aliphatic hydroxyl groups is 1. The Morgan fingerprint density at radius 3 is 2.47 bits per heavy atom. The van der Waals surface area contributed by atoms with E-state index >= 15 is 0 Å². The van der Waals surface area contributed by atoms with E-state index in [0.29, 0.717) is 22.4 Å². The first-order chi connectivity index (χ1) is 22.7. The molecule has 2 heterocycles. The number of carbonyl (C=O) groups is 2. The highest BCUT2D eigenvalue weighted by molar-refractivity contribution is 8.00. The Bertz CT molecular complexity index is 2010. The zero-order valence-electron chi connectivity index (χ0n) is 24.7.